The molecule has 1 spiro atoms. The molecule has 2 saturated heterocycles. The second-order valence-corrected chi connectivity index (χ2v) is 13.8. The van der Waals surface area contributed by atoms with Crippen molar-refractivity contribution in [3.05, 3.63) is 48.0 Å². The average Bonchev–Trinajstić information content (AvgIpc) is 3.33. The SMILES string of the molecule is CNS(=O)(=O)c1cccc(OC[C@@H](O)CNC2COC3(CCN(S(=O)(=O)c4cc(C)ccc4OC)CC3)C2)c1. The summed E-state index contributed by atoms with van der Waals surface area (Å²) < 4.78 is 71.4. The summed E-state index contributed by atoms with van der Waals surface area (Å²) in [4.78, 5) is 0.264. The first-order valence-electron chi connectivity index (χ1n) is 12.8. The van der Waals surface area contributed by atoms with E-state index in [1.807, 2.05) is 13.0 Å². The van der Waals surface area contributed by atoms with Crippen molar-refractivity contribution in [1.82, 2.24) is 14.3 Å². The maximum Gasteiger partial charge on any atom is 0.246 e. The predicted octanol–water partition coefficient (Wildman–Crippen LogP) is 1.25. The van der Waals surface area contributed by atoms with Crippen LogP contribution in [0, 0.1) is 6.92 Å². The number of ether oxygens (including phenoxy) is 3. The van der Waals surface area contributed by atoms with E-state index in [0.717, 1.165) is 5.56 Å². The van der Waals surface area contributed by atoms with Crippen molar-refractivity contribution in [2.45, 2.75) is 53.7 Å². The van der Waals surface area contributed by atoms with Crippen molar-refractivity contribution in [2.75, 3.05) is 47.0 Å². The molecule has 0 aliphatic carbocycles. The number of methoxy groups -OCH3 is 1. The van der Waals surface area contributed by atoms with E-state index in [-0.39, 0.29) is 29.0 Å². The molecule has 11 nitrogen and oxygen atoms in total. The van der Waals surface area contributed by atoms with Crippen LogP contribution < -0.4 is 19.5 Å². The summed E-state index contributed by atoms with van der Waals surface area (Å²) in [6, 6.07) is 11.2. The standard InChI is InChI=1S/C26H37N3O8S2/c1-19-7-8-24(35-3)25(13-19)39(33,34)29-11-9-26(10-12-29)15-20(17-37-26)28-16-21(30)18-36-22-5-4-6-23(14-22)38(31,32)27-2/h4-8,13-14,20-21,27-28,30H,9-12,15-18H2,1-3H3/t20?,21-/m0/s1. The van der Waals surface area contributed by atoms with Gasteiger partial charge in [-0.15, -0.1) is 0 Å². The lowest BCUT2D eigenvalue weighted by Gasteiger charge is -2.38. The molecular weight excluding hydrogens is 546 g/mol. The molecule has 0 aromatic heterocycles. The van der Waals surface area contributed by atoms with Crippen LogP contribution in [0.1, 0.15) is 24.8 Å². The van der Waals surface area contributed by atoms with Crippen LogP contribution in [-0.2, 0) is 24.8 Å². The highest BCUT2D eigenvalue weighted by molar-refractivity contribution is 7.89. The number of rotatable bonds is 11. The Morgan fingerprint density at radius 3 is 2.59 bits per heavy atom. The van der Waals surface area contributed by atoms with E-state index in [2.05, 4.69) is 10.0 Å². The fourth-order valence-corrected chi connectivity index (χ4v) is 7.43. The minimum atomic E-state index is -3.70. The van der Waals surface area contributed by atoms with Gasteiger partial charge in [0.05, 0.1) is 24.2 Å². The highest BCUT2D eigenvalue weighted by Crippen LogP contribution is 2.38. The Hall–Kier alpha value is -2.26. The van der Waals surface area contributed by atoms with Gasteiger partial charge in [0.2, 0.25) is 20.0 Å². The third-order valence-corrected chi connectivity index (χ3v) is 10.6. The number of benzene rings is 2. The molecule has 2 heterocycles. The fraction of sp³-hybridized carbons (Fsp3) is 0.538. The van der Waals surface area contributed by atoms with E-state index in [0.29, 0.717) is 50.5 Å². The Kier molecular flexibility index (Phi) is 9.21. The fourth-order valence-electron chi connectivity index (χ4n) is 4.99. The predicted molar refractivity (Wildman–Crippen MR) is 145 cm³/mol. The third-order valence-electron chi connectivity index (χ3n) is 7.25. The van der Waals surface area contributed by atoms with Crippen molar-refractivity contribution in [3.8, 4) is 11.5 Å². The van der Waals surface area contributed by atoms with E-state index >= 15 is 0 Å². The van der Waals surface area contributed by atoms with Crippen LogP contribution in [0.2, 0.25) is 0 Å². The molecule has 0 bridgehead atoms. The molecule has 1 unspecified atom stereocenters. The van der Waals surface area contributed by atoms with Gasteiger partial charge in [-0.2, -0.15) is 4.31 Å². The smallest absolute Gasteiger partial charge is 0.246 e. The van der Waals surface area contributed by atoms with Crippen LogP contribution in [-0.4, -0.2) is 91.0 Å². The second kappa shape index (κ2) is 12.1. The van der Waals surface area contributed by atoms with Gasteiger partial charge in [0.1, 0.15) is 29.1 Å². The van der Waals surface area contributed by atoms with Crippen molar-refractivity contribution in [2.24, 2.45) is 0 Å². The largest absolute Gasteiger partial charge is 0.495 e. The highest BCUT2D eigenvalue weighted by atomic mass is 32.2. The van der Waals surface area contributed by atoms with Crippen molar-refractivity contribution in [1.29, 1.82) is 0 Å². The summed E-state index contributed by atoms with van der Waals surface area (Å²) in [6.07, 6.45) is 1.06. The van der Waals surface area contributed by atoms with E-state index in [9.17, 15) is 21.9 Å². The van der Waals surface area contributed by atoms with Crippen molar-refractivity contribution < 1.29 is 36.2 Å². The molecule has 2 fully saturated rings. The van der Waals surface area contributed by atoms with Gasteiger partial charge < -0.3 is 24.6 Å². The average molecular weight is 584 g/mol. The molecule has 3 N–H and O–H groups in total. The van der Waals surface area contributed by atoms with Crippen LogP contribution in [0.4, 0.5) is 0 Å². The number of hydrogen-bond donors (Lipinski definition) is 3. The number of aliphatic hydroxyl groups is 1. The summed E-state index contributed by atoms with van der Waals surface area (Å²) in [6.45, 7) is 3.28. The van der Waals surface area contributed by atoms with Gasteiger partial charge in [-0.25, -0.2) is 21.6 Å². The van der Waals surface area contributed by atoms with E-state index in [1.54, 1.807) is 24.3 Å². The van der Waals surface area contributed by atoms with Gasteiger partial charge in [-0.3, -0.25) is 0 Å². The first kappa shape index (κ1) is 29.7. The summed E-state index contributed by atoms with van der Waals surface area (Å²) in [5, 5.41) is 13.7. The number of aliphatic hydroxyl groups excluding tert-OH is 1. The van der Waals surface area contributed by atoms with E-state index < -0.39 is 31.8 Å². The van der Waals surface area contributed by atoms with Crippen LogP contribution >= 0.6 is 0 Å². The van der Waals surface area contributed by atoms with Gasteiger partial charge >= 0.3 is 0 Å². The monoisotopic (exact) mass is 583 g/mol. The molecule has 0 radical (unpaired) electrons. The van der Waals surface area contributed by atoms with Crippen molar-refractivity contribution in [3.63, 3.8) is 0 Å². The lowest BCUT2D eigenvalue weighted by molar-refractivity contribution is -0.0312. The molecule has 13 heteroatoms. The van der Waals surface area contributed by atoms with Crippen LogP contribution in [0.3, 0.4) is 0 Å². The third kappa shape index (κ3) is 6.91. The molecule has 2 aliphatic heterocycles. The zero-order chi connectivity index (χ0) is 28.3. The lowest BCUT2D eigenvalue weighted by atomic mass is 9.88. The quantitative estimate of drug-likeness (QED) is 0.356. The zero-order valence-corrected chi connectivity index (χ0v) is 24.1. The molecule has 2 aromatic carbocycles. The first-order chi connectivity index (χ1) is 18.5. The topological polar surface area (TPSA) is 144 Å². The maximum atomic E-state index is 13.3. The number of aryl methyl sites for hydroxylation is 1. The minimum absolute atomic E-state index is 0.00990. The zero-order valence-electron chi connectivity index (χ0n) is 22.4. The van der Waals surface area contributed by atoms with E-state index in [1.165, 1.54) is 30.6 Å². The van der Waals surface area contributed by atoms with Gasteiger partial charge in [-0.1, -0.05) is 12.1 Å². The minimum Gasteiger partial charge on any atom is -0.495 e. The van der Waals surface area contributed by atoms with Crippen molar-refractivity contribution >= 4 is 20.0 Å². The molecule has 0 saturated carbocycles. The first-order valence-corrected chi connectivity index (χ1v) is 15.8. The Labute approximate surface area is 230 Å². The van der Waals surface area contributed by atoms with Crippen LogP contribution in [0.15, 0.2) is 52.3 Å². The van der Waals surface area contributed by atoms with Crippen LogP contribution in [0.5, 0.6) is 11.5 Å². The Bertz CT molecular complexity index is 1360. The Balaban J connectivity index is 1.25. The van der Waals surface area contributed by atoms with E-state index in [4.69, 9.17) is 14.2 Å². The summed E-state index contributed by atoms with van der Waals surface area (Å²) in [5.74, 6) is 0.680. The van der Waals surface area contributed by atoms with Gasteiger partial charge in [0.15, 0.2) is 0 Å². The summed E-state index contributed by atoms with van der Waals surface area (Å²) in [5.41, 5.74) is 0.444. The Morgan fingerprint density at radius 1 is 1.15 bits per heavy atom. The number of hydrogen-bond acceptors (Lipinski definition) is 9. The summed E-state index contributed by atoms with van der Waals surface area (Å²) in [7, 11) is -4.48. The summed E-state index contributed by atoms with van der Waals surface area (Å²) >= 11 is 0. The number of nitrogens with zero attached hydrogens (tertiary/aromatic N) is 1. The highest BCUT2D eigenvalue weighted by Gasteiger charge is 2.45. The molecule has 216 valence electrons. The van der Waals surface area contributed by atoms with Crippen LogP contribution in [0.25, 0.3) is 0 Å². The Morgan fingerprint density at radius 2 is 1.90 bits per heavy atom. The normalized spacial score (nSPS) is 20.7. The van der Waals surface area contributed by atoms with Gasteiger partial charge in [0, 0.05) is 31.7 Å². The molecule has 0 amide bonds. The van der Waals surface area contributed by atoms with Gasteiger partial charge in [0.25, 0.3) is 0 Å². The second-order valence-electron chi connectivity index (χ2n) is 10.0. The molecule has 2 aromatic rings. The molecule has 2 aliphatic rings. The maximum absolute atomic E-state index is 13.3. The molecule has 4 rings (SSSR count). The number of nitrogens with one attached hydrogen (secondary N) is 2. The molecular formula is C26H37N3O8S2. The van der Waals surface area contributed by atoms with Gasteiger partial charge in [-0.05, 0) is 63.1 Å². The number of sulfonamides is 2. The molecule has 2 atom stereocenters. The lowest BCUT2D eigenvalue weighted by Crippen LogP contribution is -2.47. The molecule has 39 heavy (non-hydrogen) atoms. The number of piperidine rings is 1.